The van der Waals surface area contributed by atoms with Gasteiger partial charge in [0, 0.05) is 11.8 Å². The molecule has 0 saturated heterocycles. The molecule has 2 rings (SSSR count). The van der Waals surface area contributed by atoms with Gasteiger partial charge in [-0.25, -0.2) is 9.97 Å². The Morgan fingerprint density at radius 3 is 2.33 bits per heavy atom. The highest BCUT2D eigenvalue weighted by Gasteiger charge is 2.09. The Morgan fingerprint density at radius 2 is 1.78 bits per heavy atom. The minimum atomic E-state index is -0.106. The van der Waals surface area contributed by atoms with Crippen molar-refractivity contribution in [1.29, 1.82) is 0 Å². The molecule has 1 heterocycles. The number of aromatic nitrogens is 2. The maximum Gasteiger partial charge on any atom is 0.116 e. The molecule has 0 spiro atoms. The molecule has 0 unspecified atom stereocenters. The summed E-state index contributed by atoms with van der Waals surface area (Å²) in [5.74, 6) is 0. The number of hydrogen-bond donors (Lipinski definition) is 0. The maximum absolute atomic E-state index is 5.74. The van der Waals surface area contributed by atoms with Crippen LogP contribution in [-0.2, 0) is 11.3 Å². The molecule has 3 nitrogen and oxygen atoms in total. The molecule has 2 aromatic rings. The minimum absolute atomic E-state index is 0.106. The van der Waals surface area contributed by atoms with Crippen LogP contribution >= 0.6 is 0 Å². The molecule has 0 aliphatic rings. The van der Waals surface area contributed by atoms with Gasteiger partial charge in [-0.05, 0) is 32.4 Å². The molecular weight excluding hydrogens is 224 g/mol. The van der Waals surface area contributed by atoms with Crippen LogP contribution in [0, 0.1) is 0 Å². The van der Waals surface area contributed by atoms with E-state index in [4.69, 9.17) is 4.74 Å². The van der Waals surface area contributed by atoms with E-state index >= 15 is 0 Å². The fraction of sp³-hybridized carbons (Fsp3) is 0.333. The molecule has 0 radical (unpaired) electrons. The largest absolute Gasteiger partial charge is 0.371 e. The Morgan fingerprint density at radius 1 is 1.06 bits per heavy atom. The Bertz CT molecular complexity index is 486. The molecule has 0 aliphatic carbocycles. The number of ether oxygens (including phenoxy) is 1. The number of benzene rings is 1. The van der Waals surface area contributed by atoms with E-state index in [0.29, 0.717) is 6.61 Å². The number of nitrogens with zero attached hydrogens (tertiary/aromatic N) is 2. The number of hydrogen-bond acceptors (Lipinski definition) is 3. The fourth-order valence-corrected chi connectivity index (χ4v) is 1.53. The van der Waals surface area contributed by atoms with Crippen LogP contribution < -0.4 is 0 Å². The van der Waals surface area contributed by atoms with Gasteiger partial charge in [0.2, 0.25) is 0 Å². The summed E-state index contributed by atoms with van der Waals surface area (Å²) in [4.78, 5) is 8.14. The van der Waals surface area contributed by atoms with Crippen molar-refractivity contribution in [3.05, 3.63) is 48.4 Å². The second-order valence-electron chi connectivity index (χ2n) is 5.19. The molecule has 0 N–H and O–H groups in total. The molecule has 1 aromatic carbocycles. The van der Waals surface area contributed by atoms with Crippen molar-refractivity contribution in [1.82, 2.24) is 9.97 Å². The highest BCUT2D eigenvalue weighted by Crippen LogP contribution is 2.18. The topological polar surface area (TPSA) is 35.0 Å². The number of rotatable bonds is 3. The van der Waals surface area contributed by atoms with E-state index in [9.17, 15) is 0 Å². The average molecular weight is 242 g/mol. The summed E-state index contributed by atoms with van der Waals surface area (Å²) in [6, 6.07) is 10.2. The van der Waals surface area contributed by atoms with Gasteiger partial charge in [-0.15, -0.1) is 0 Å². The van der Waals surface area contributed by atoms with Crippen molar-refractivity contribution in [2.75, 3.05) is 0 Å². The molecule has 1 aromatic heterocycles. The molecule has 94 valence electrons. The Hall–Kier alpha value is -1.74. The van der Waals surface area contributed by atoms with Gasteiger partial charge >= 0.3 is 0 Å². The van der Waals surface area contributed by atoms with E-state index in [1.165, 1.54) is 5.56 Å². The van der Waals surface area contributed by atoms with Crippen LogP contribution in [0.4, 0.5) is 0 Å². The van der Waals surface area contributed by atoms with E-state index < -0.39 is 0 Å². The summed E-state index contributed by atoms with van der Waals surface area (Å²) < 4.78 is 5.74. The normalized spacial score (nSPS) is 11.5. The summed E-state index contributed by atoms with van der Waals surface area (Å²) >= 11 is 0. The summed E-state index contributed by atoms with van der Waals surface area (Å²) in [5, 5.41) is 0. The Balaban J connectivity index is 2.07. The van der Waals surface area contributed by atoms with Gasteiger partial charge in [-0.2, -0.15) is 0 Å². The van der Waals surface area contributed by atoms with Crippen molar-refractivity contribution < 1.29 is 4.74 Å². The molecule has 0 atom stereocenters. The average Bonchev–Trinajstić information content (AvgIpc) is 2.37. The van der Waals surface area contributed by atoms with Gasteiger partial charge < -0.3 is 4.74 Å². The van der Waals surface area contributed by atoms with Crippen LogP contribution in [0.25, 0.3) is 11.3 Å². The lowest BCUT2D eigenvalue weighted by Gasteiger charge is -2.19. The lowest BCUT2D eigenvalue weighted by molar-refractivity contribution is -0.0149. The van der Waals surface area contributed by atoms with Gasteiger partial charge in [0.25, 0.3) is 0 Å². The van der Waals surface area contributed by atoms with E-state index in [2.05, 4.69) is 55.0 Å². The Labute approximate surface area is 108 Å². The first kappa shape index (κ1) is 12.7. The second-order valence-corrected chi connectivity index (χ2v) is 5.19. The van der Waals surface area contributed by atoms with Crippen LogP contribution in [0.3, 0.4) is 0 Å². The van der Waals surface area contributed by atoms with E-state index in [1.54, 1.807) is 12.5 Å². The quantitative estimate of drug-likeness (QED) is 0.826. The van der Waals surface area contributed by atoms with Crippen LogP contribution in [0.5, 0.6) is 0 Å². The van der Waals surface area contributed by atoms with Crippen molar-refractivity contribution in [3.8, 4) is 11.3 Å². The molecular formula is C15H18N2O. The van der Waals surface area contributed by atoms with E-state index in [1.807, 2.05) is 6.07 Å². The summed E-state index contributed by atoms with van der Waals surface area (Å²) in [5.41, 5.74) is 3.10. The third kappa shape index (κ3) is 3.64. The highest BCUT2D eigenvalue weighted by atomic mass is 16.5. The Kier molecular flexibility index (Phi) is 3.72. The SMILES string of the molecule is CC(C)(C)OCc1ccc(-c2ccncn2)cc1. The van der Waals surface area contributed by atoms with Gasteiger partial charge in [0.1, 0.15) is 6.33 Å². The maximum atomic E-state index is 5.74. The zero-order valence-electron chi connectivity index (χ0n) is 11.1. The van der Waals surface area contributed by atoms with Gasteiger partial charge in [-0.1, -0.05) is 24.3 Å². The molecule has 0 bridgehead atoms. The van der Waals surface area contributed by atoms with Crippen molar-refractivity contribution >= 4 is 0 Å². The van der Waals surface area contributed by atoms with Crippen LogP contribution in [0.2, 0.25) is 0 Å². The fourth-order valence-electron chi connectivity index (χ4n) is 1.53. The summed E-state index contributed by atoms with van der Waals surface area (Å²) in [7, 11) is 0. The summed E-state index contributed by atoms with van der Waals surface area (Å²) in [6.45, 7) is 6.81. The molecule has 0 fully saturated rings. The lowest BCUT2D eigenvalue weighted by Crippen LogP contribution is -2.18. The third-order valence-corrected chi connectivity index (χ3v) is 2.50. The van der Waals surface area contributed by atoms with Crippen LogP contribution in [0.1, 0.15) is 26.3 Å². The molecule has 18 heavy (non-hydrogen) atoms. The van der Waals surface area contributed by atoms with E-state index in [0.717, 1.165) is 11.3 Å². The first-order valence-corrected chi connectivity index (χ1v) is 6.04. The first-order valence-electron chi connectivity index (χ1n) is 6.04. The predicted molar refractivity (Wildman–Crippen MR) is 72.0 cm³/mol. The standard InChI is InChI=1S/C15H18N2O/c1-15(2,3)18-10-12-4-6-13(7-5-12)14-8-9-16-11-17-14/h4-9,11H,10H2,1-3H3. The monoisotopic (exact) mass is 242 g/mol. The summed E-state index contributed by atoms with van der Waals surface area (Å²) in [6.07, 6.45) is 3.31. The van der Waals surface area contributed by atoms with Crippen LogP contribution in [-0.4, -0.2) is 15.6 Å². The third-order valence-electron chi connectivity index (χ3n) is 2.50. The van der Waals surface area contributed by atoms with Gasteiger partial charge in [0.15, 0.2) is 0 Å². The van der Waals surface area contributed by atoms with Crippen LogP contribution in [0.15, 0.2) is 42.9 Å². The first-order chi connectivity index (χ1) is 8.54. The van der Waals surface area contributed by atoms with E-state index in [-0.39, 0.29) is 5.60 Å². The minimum Gasteiger partial charge on any atom is -0.371 e. The molecule has 0 saturated carbocycles. The van der Waals surface area contributed by atoms with Crippen molar-refractivity contribution in [2.45, 2.75) is 33.0 Å². The zero-order chi connectivity index (χ0) is 13.0. The van der Waals surface area contributed by atoms with Gasteiger partial charge in [-0.3, -0.25) is 0 Å². The zero-order valence-corrected chi connectivity index (χ0v) is 11.1. The van der Waals surface area contributed by atoms with Crippen molar-refractivity contribution in [3.63, 3.8) is 0 Å². The lowest BCUT2D eigenvalue weighted by atomic mass is 10.1. The smallest absolute Gasteiger partial charge is 0.116 e. The van der Waals surface area contributed by atoms with Crippen molar-refractivity contribution in [2.24, 2.45) is 0 Å². The highest BCUT2D eigenvalue weighted by molar-refractivity contribution is 5.58. The predicted octanol–water partition coefficient (Wildman–Crippen LogP) is 3.46. The van der Waals surface area contributed by atoms with Gasteiger partial charge in [0.05, 0.1) is 17.9 Å². The second kappa shape index (κ2) is 5.27. The molecule has 0 aliphatic heterocycles. The molecule has 0 amide bonds. The molecule has 3 heteroatoms.